The lowest BCUT2D eigenvalue weighted by Crippen LogP contribution is -2.71. The van der Waals surface area contributed by atoms with Crippen LogP contribution in [0, 0.1) is 23.7 Å². The van der Waals surface area contributed by atoms with Crippen LogP contribution in [0.2, 0.25) is 0 Å². The minimum absolute atomic E-state index is 0.00978. The van der Waals surface area contributed by atoms with Crippen LogP contribution in [0.5, 0.6) is 0 Å². The molecule has 3 rings (SSSR count). The Kier molecular flexibility index (Phi) is 43.3. The highest BCUT2D eigenvalue weighted by molar-refractivity contribution is 5.99. The molecule has 49 heteroatoms. The zero-order chi connectivity index (χ0) is 93.0. The molecule has 122 heavy (non-hydrogen) atoms. The highest BCUT2D eigenvalue weighted by atomic mass is 16.8. The van der Waals surface area contributed by atoms with Gasteiger partial charge in [0.1, 0.15) is 115 Å². The number of carboxylic acid groups (broad SMARTS) is 3. The van der Waals surface area contributed by atoms with E-state index in [4.69, 9.17) is 44.6 Å². The number of nitrogens with two attached hydrogens (primary N) is 2. The van der Waals surface area contributed by atoms with E-state index in [2.05, 4.69) is 63.8 Å². The Morgan fingerprint density at radius 1 is 0.549 bits per heavy atom. The third kappa shape index (κ3) is 32.2. The van der Waals surface area contributed by atoms with Gasteiger partial charge in [0.25, 0.3) is 5.79 Å². The molecule has 0 aromatic carbocycles. The molecule has 3 fully saturated rings. The van der Waals surface area contributed by atoms with E-state index in [-0.39, 0.29) is 18.8 Å². The lowest BCUT2D eigenvalue weighted by atomic mass is 9.88. The van der Waals surface area contributed by atoms with Crippen molar-refractivity contribution in [3.8, 4) is 0 Å². The van der Waals surface area contributed by atoms with Crippen LogP contribution in [0.1, 0.15) is 142 Å². The standard InChI is InChI=1S/C73H122N14O35/c1-15-30(8)50(68(111)86-49(29(6)7)69(112)113)87-62(105)31(9)77-47(97)22-76-64(107)38(16-17-46(75)96)82-67(110)41(85-66(109)40(20-48(98)99)84-65(108)39(19-28(4)5)83-61(104)33(11)78-60(103)32(10)79-63(106)37(74)18-27(2)3)26-116-70-52(81-35(13)92)57(54(101)44(24-89)118-70)120-71-55(102)59(56(117-36(14)93)45(25-90)119-71)122-73(72(114)115)21-42(94)51(80-34(12)91)58(121-73)53(100)43(95)23-88/h27-33,37-45,49-59,70-71,88-90,94-95,100-102H,15-26,74H2,1-14H3,(H2,75,96)(H,76,107)(H,77,97)(H,78,103)(H,79,106)(H,80,91)(H,81,92)(H,82,110)(H,83,104)(H,84,108)(H,85,109)(H,86,111)(H,87,105)(H,98,99)(H,112,113)(H,114,115)/t30-,31-,32-,33-,37-,38-,39-,40-,41-,42-,43+,44+,45+,49-,50-,51+,52+,53+,54-,55+,56-,57+,58+,59+,70-,71-,73-/m0/s1. The lowest BCUT2D eigenvalue weighted by molar-refractivity contribution is -0.381. The zero-order valence-corrected chi connectivity index (χ0v) is 70.1. The Labute approximate surface area is 701 Å². The number of rotatable bonds is 49. The van der Waals surface area contributed by atoms with Crippen molar-refractivity contribution in [3.63, 3.8) is 0 Å². The molecule has 0 saturated carbocycles. The van der Waals surface area contributed by atoms with Crippen molar-refractivity contribution in [3.05, 3.63) is 0 Å². The molecule has 0 spiro atoms. The summed E-state index contributed by atoms with van der Waals surface area (Å²) in [6.07, 6.45) is -33.1. The SMILES string of the molecule is CC[C@H](C)[C@H](NC(=O)[C@H](C)NC(=O)CNC(=O)[C@H](CCC(N)=O)NC(=O)[C@H](CO[C@H]1O[C@H](CO)[C@H](O)[C@H](O[C@@H]2O[C@H](CO)[C@H](OC(C)=O)[C@H](O[C@]3(C(=O)O)C[C@H](O)[C@@H](NC(C)=O)[C@H]([C@H](O)[C@H](O)CO)O3)[C@H]2O)[C@H]1NC(C)=O)NC(=O)[C@H](CC(=O)O)NC(=O)[C@H](CC(C)C)NC(=O)[C@H](C)NC(=O)[C@H](C)NC(=O)[C@@H](N)CC(C)C)C(=O)N[C@H](C(=O)O)C(C)C. The number of primary amides is 1. The molecule has 3 saturated heterocycles. The number of hydrogen-bond donors (Lipinski definition) is 25. The first-order valence-corrected chi connectivity index (χ1v) is 39.4. The van der Waals surface area contributed by atoms with Crippen molar-refractivity contribution >= 4 is 101 Å². The van der Waals surface area contributed by atoms with Crippen LogP contribution in [0.3, 0.4) is 0 Å². The van der Waals surface area contributed by atoms with Crippen molar-refractivity contribution in [2.24, 2.45) is 35.1 Å². The second-order valence-electron chi connectivity index (χ2n) is 31.2. The van der Waals surface area contributed by atoms with Crippen molar-refractivity contribution in [2.45, 2.75) is 300 Å². The first-order valence-electron chi connectivity index (χ1n) is 39.4. The van der Waals surface area contributed by atoms with Crippen molar-refractivity contribution in [2.75, 3.05) is 33.0 Å². The highest BCUT2D eigenvalue weighted by Crippen LogP contribution is 2.39. The maximum atomic E-state index is 15.1. The number of hydrogen-bond acceptors (Lipinski definition) is 33. The van der Waals surface area contributed by atoms with E-state index in [1.54, 1.807) is 27.7 Å². The maximum Gasteiger partial charge on any atom is 0.364 e. The Bertz CT molecular complexity index is 3620. The fourth-order valence-electron chi connectivity index (χ4n) is 12.9. The number of nitrogens with one attached hydrogen (secondary N) is 12. The molecule has 0 aromatic heterocycles. The van der Waals surface area contributed by atoms with Crippen LogP contribution in [0.25, 0.3) is 0 Å². The van der Waals surface area contributed by atoms with E-state index in [9.17, 15) is 133 Å². The first kappa shape index (κ1) is 107. The minimum Gasteiger partial charge on any atom is -0.481 e. The molecule has 3 aliphatic rings. The Balaban J connectivity index is 2.24. The quantitative estimate of drug-likeness (QED) is 0.0252. The molecule has 0 aliphatic carbocycles. The maximum absolute atomic E-state index is 15.1. The van der Waals surface area contributed by atoms with Gasteiger partial charge in [-0.3, -0.25) is 71.9 Å². The summed E-state index contributed by atoms with van der Waals surface area (Å²) < 4.78 is 41.0. The second-order valence-corrected chi connectivity index (χ2v) is 31.2. The van der Waals surface area contributed by atoms with Gasteiger partial charge in [-0.2, -0.15) is 0 Å². The van der Waals surface area contributed by atoms with Crippen molar-refractivity contribution in [1.82, 2.24) is 63.8 Å². The fourth-order valence-corrected chi connectivity index (χ4v) is 12.9. The molecule has 13 amide bonds. The smallest absolute Gasteiger partial charge is 0.364 e. The van der Waals surface area contributed by atoms with E-state index in [1.807, 2.05) is 13.8 Å². The van der Waals surface area contributed by atoms with E-state index in [0.717, 1.165) is 20.8 Å². The zero-order valence-electron chi connectivity index (χ0n) is 70.1. The summed E-state index contributed by atoms with van der Waals surface area (Å²) in [6, 6.07) is -20.1. The molecule has 0 aromatic rings. The Morgan fingerprint density at radius 2 is 1.06 bits per heavy atom. The van der Waals surface area contributed by atoms with Crippen LogP contribution in [0.15, 0.2) is 0 Å². The summed E-state index contributed by atoms with van der Waals surface area (Å²) in [5, 5.41) is 147. The molecule has 3 heterocycles. The third-order valence-corrected chi connectivity index (χ3v) is 19.6. The minimum atomic E-state index is -3.37. The molecule has 0 radical (unpaired) electrons. The predicted octanol–water partition coefficient (Wildman–Crippen LogP) is -11.0. The van der Waals surface area contributed by atoms with Gasteiger partial charge in [0.15, 0.2) is 18.7 Å². The number of ether oxygens (including phenoxy) is 7. The van der Waals surface area contributed by atoms with Gasteiger partial charge in [-0.1, -0.05) is 61.8 Å². The molecular formula is C73H122N14O35. The van der Waals surface area contributed by atoms with Crippen LogP contribution in [-0.2, 0) is 115 Å². The van der Waals surface area contributed by atoms with Crippen LogP contribution >= 0.6 is 0 Å². The molecule has 27 atom stereocenters. The number of amides is 13. The van der Waals surface area contributed by atoms with Crippen LogP contribution in [-0.4, -0.2) is 348 Å². The normalized spacial score (nSPS) is 25.9. The third-order valence-electron chi connectivity index (χ3n) is 19.6. The molecular weight excluding hydrogens is 1630 g/mol. The monoisotopic (exact) mass is 1750 g/mol. The number of carbonyl (C=O) groups excluding carboxylic acids is 14. The summed E-state index contributed by atoms with van der Waals surface area (Å²) >= 11 is 0. The van der Waals surface area contributed by atoms with E-state index < -0.39 is 335 Å². The molecule has 27 N–H and O–H groups in total. The summed E-state index contributed by atoms with van der Waals surface area (Å²) in [6.45, 7) is 13.3. The van der Waals surface area contributed by atoms with Gasteiger partial charge in [0.2, 0.25) is 76.8 Å². The molecule has 694 valence electrons. The van der Waals surface area contributed by atoms with Crippen LogP contribution in [0.4, 0.5) is 0 Å². The van der Waals surface area contributed by atoms with Gasteiger partial charge >= 0.3 is 23.9 Å². The Morgan fingerprint density at radius 3 is 1.57 bits per heavy atom. The first-order chi connectivity index (χ1) is 56.8. The number of aliphatic hydroxyl groups excluding tert-OH is 8. The van der Waals surface area contributed by atoms with Gasteiger partial charge in [-0.25, -0.2) is 9.59 Å². The summed E-state index contributed by atoms with van der Waals surface area (Å²) in [7, 11) is 0. The van der Waals surface area contributed by atoms with E-state index in [0.29, 0.717) is 6.42 Å². The van der Waals surface area contributed by atoms with Crippen molar-refractivity contribution in [1.29, 1.82) is 0 Å². The lowest BCUT2D eigenvalue weighted by Gasteiger charge is -2.51. The Hall–Kier alpha value is -9.61. The largest absolute Gasteiger partial charge is 0.481 e. The second kappa shape index (κ2) is 49.6. The number of carboxylic acids is 3. The van der Waals surface area contributed by atoms with Gasteiger partial charge < -0.3 is 165 Å². The summed E-state index contributed by atoms with van der Waals surface area (Å²) in [5.41, 5.74) is 11.4. The topological polar surface area (TPSA) is 774 Å². The van der Waals surface area contributed by atoms with Gasteiger partial charge in [-0.05, 0) is 63.7 Å². The van der Waals surface area contributed by atoms with E-state index in [1.165, 1.54) is 34.6 Å². The fraction of sp³-hybridized carbons (Fsp3) is 0.767. The summed E-state index contributed by atoms with van der Waals surface area (Å²) in [4.78, 5) is 228. The predicted molar refractivity (Wildman–Crippen MR) is 412 cm³/mol. The number of esters is 1. The average molecular weight is 1760 g/mol. The number of aliphatic hydroxyl groups is 8. The molecule has 49 nitrogen and oxygen atoms in total. The van der Waals surface area contributed by atoms with Gasteiger partial charge in [-0.15, -0.1) is 0 Å². The van der Waals surface area contributed by atoms with Crippen LogP contribution < -0.4 is 75.3 Å². The van der Waals surface area contributed by atoms with Gasteiger partial charge in [0.05, 0.1) is 57.6 Å². The van der Waals surface area contributed by atoms with E-state index >= 15 is 4.79 Å². The number of aliphatic carboxylic acids is 3. The molecule has 0 unspecified atom stereocenters. The number of carbonyl (C=O) groups is 17. The van der Waals surface area contributed by atoms with Gasteiger partial charge in [0, 0.05) is 33.6 Å². The van der Waals surface area contributed by atoms with Crippen molar-refractivity contribution < 1.29 is 171 Å². The highest BCUT2D eigenvalue weighted by Gasteiger charge is 2.61. The molecule has 3 aliphatic heterocycles. The molecule has 0 bridgehead atoms. The average Bonchev–Trinajstić information content (AvgIpc) is 0.732. The summed E-state index contributed by atoms with van der Waals surface area (Å²) in [5.74, 6) is -25.8.